The molecule has 22 rings (SSSR count). The molecule has 0 amide bonds. The largest absolute Gasteiger partial charge is 0.310 e. The average molecular weight is 1390 g/mol. The van der Waals surface area contributed by atoms with E-state index in [0.29, 0.717) is 5.56 Å². The number of fused-ring (bicyclic) bond motifs is 4. The molecule has 5 heteroatoms. The molecule has 0 saturated carbocycles. The summed E-state index contributed by atoms with van der Waals surface area (Å²) in [6.45, 7) is -0.507. The Labute approximate surface area is 642 Å². The van der Waals surface area contributed by atoms with Crippen molar-refractivity contribution in [1.29, 1.82) is 0 Å². The highest BCUT2D eigenvalue weighted by atomic mass is 15.2. The Kier molecular flexibility index (Phi) is 13.3. The first-order chi connectivity index (χ1) is 56.2. The summed E-state index contributed by atoms with van der Waals surface area (Å²) in [5.41, 5.74) is 27.8. The van der Waals surface area contributed by atoms with Gasteiger partial charge in [-0.1, -0.05) is 321 Å². The summed E-state index contributed by atoms with van der Waals surface area (Å²) in [5, 5.41) is 9.59. The third-order valence-corrected chi connectivity index (χ3v) is 23.0. The second-order valence-corrected chi connectivity index (χ2v) is 28.9. The van der Waals surface area contributed by atoms with Crippen LogP contribution in [0.1, 0.15) is 30.0 Å². The van der Waals surface area contributed by atoms with E-state index in [1.54, 1.807) is 0 Å². The minimum atomic E-state index is -0.507. The molecule has 0 atom stereocenters. The topological polar surface area (TPSA) is 13.0 Å². The lowest BCUT2D eigenvalue weighted by Gasteiger charge is -2.46. The maximum absolute atomic E-state index is 10.2. The molecule has 508 valence electrons. The summed E-state index contributed by atoms with van der Waals surface area (Å²) < 4.78 is 48.6. The molecule has 0 fully saturated rings. The van der Waals surface area contributed by atoms with Crippen molar-refractivity contribution in [2.24, 2.45) is 0 Å². The van der Waals surface area contributed by atoms with Crippen molar-refractivity contribution in [3.05, 3.63) is 405 Å². The van der Waals surface area contributed by atoms with E-state index in [0.717, 1.165) is 153 Å². The van der Waals surface area contributed by atoms with E-state index < -0.39 is 24.8 Å². The maximum Gasteiger partial charge on any atom is 0.252 e. The van der Waals surface area contributed by atoms with Gasteiger partial charge in [0, 0.05) is 73.1 Å². The lowest BCUT2D eigenvalue weighted by atomic mass is 9.33. The molecule has 4 nitrogen and oxygen atoms in total. The first kappa shape index (κ1) is 57.3. The second-order valence-electron chi connectivity index (χ2n) is 28.9. The Hall–Kier alpha value is -14.0. The molecule has 2 aliphatic carbocycles. The first-order valence-electron chi connectivity index (χ1n) is 40.1. The normalized spacial score (nSPS) is 13.7. The Balaban J connectivity index is 0.904. The van der Waals surface area contributed by atoms with Crippen LogP contribution in [-0.2, 0) is 6.42 Å². The molecule has 4 aliphatic rings. The Bertz CT molecular complexity index is 6900. The SMILES string of the molecule is [2H]c1c([2H])c([2H])c(-c2cc3c4c(c2)N(c2c(-c5ccccc5)cccc2-c2ccccc2)c2cc(N(c5ccccc5)c5ccc6ccc7cccc8ccc5c6c78)ccc2B4c2ccc(N(c4ccccc4)c4ccc5ccc6c7c5c4CC=C7CC=C6)cc2N3c2c(-c3ccccc3)cccc2-c2ccccc2)c([2H])c1[2H]. The minimum Gasteiger partial charge on any atom is -0.310 e. The zero-order valence-electron chi connectivity index (χ0n) is 64.4. The third-order valence-electron chi connectivity index (χ3n) is 23.0. The number of allylic oxidation sites excluding steroid dienone is 3. The standard InChI is InChI=1S/C104H69BN4/c1-8-26-68(27-9-1)79-64-96-102-97(65-79)109(104-86(71-32-14-4-15-33-71)46-25-47-87(104)72-34-16-5-17-35-72)95-67-83(107(81-42-20-7-21-43-81)93-63-55-78-51-49-74-37-23-39-76-53-59-89(93)101(78)99(74)76)57-61-91(95)105(102)90-60-56-82(66-94(90)108(96)103-84(69-28-10-2-11-29-69)44-24-45-85(103)70-30-12-3-13-31-70)106(80-40-18-6-19-41-80)92-62-54-77-50-48-73-36-22-38-75-52-58-88(92)100(77)98(73)75/h1-38,40-58,60-67H,39,59H2/i1D,8D,9D,26D,27D. The zero-order valence-corrected chi connectivity index (χ0v) is 59.4. The highest BCUT2D eigenvalue weighted by Crippen LogP contribution is 2.57. The molecule has 0 saturated heterocycles. The van der Waals surface area contributed by atoms with Gasteiger partial charge in [0.05, 0.1) is 29.6 Å². The van der Waals surface area contributed by atoms with E-state index in [1.807, 2.05) is 0 Å². The van der Waals surface area contributed by atoms with Gasteiger partial charge in [0.2, 0.25) is 0 Å². The fraction of sp³-hybridized carbons (Fsp3) is 0.0192. The Morgan fingerprint density at radius 1 is 0.321 bits per heavy atom. The number of benzene rings is 18. The predicted molar refractivity (Wildman–Crippen MR) is 464 cm³/mol. The molecule has 0 unspecified atom stereocenters. The van der Waals surface area contributed by atoms with Gasteiger partial charge in [0.1, 0.15) is 0 Å². The first-order valence-corrected chi connectivity index (χ1v) is 37.6. The highest BCUT2D eigenvalue weighted by molar-refractivity contribution is 7.00. The summed E-state index contributed by atoms with van der Waals surface area (Å²) in [5.74, 6) is 0. The van der Waals surface area contributed by atoms with E-state index in [1.165, 1.54) is 54.6 Å². The van der Waals surface area contributed by atoms with Crippen LogP contribution in [0, 0.1) is 0 Å². The van der Waals surface area contributed by atoms with Gasteiger partial charge in [-0.15, -0.1) is 0 Å². The van der Waals surface area contributed by atoms with Gasteiger partial charge >= 0.3 is 0 Å². The third kappa shape index (κ3) is 10.0. The maximum atomic E-state index is 10.2. The van der Waals surface area contributed by atoms with Crippen molar-refractivity contribution in [3.8, 4) is 55.6 Å². The fourth-order valence-electron chi connectivity index (χ4n) is 18.4. The molecule has 18 aromatic carbocycles. The molecule has 0 aromatic heterocycles. The average Bonchev–Trinajstić information content (AvgIpc) is 0.684. The van der Waals surface area contributed by atoms with Crippen LogP contribution >= 0.6 is 0 Å². The van der Waals surface area contributed by atoms with Crippen LogP contribution in [-0.4, -0.2) is 6.71 Å². The Morgan fingerprint density at radius 2 is 0.761 bits per heavy atom. The van der Waals surface area contributed by atoms with Crippen LogP contribution in [0.15, 0.2) is 388 Å². The van der Waals surface area contributed by atoms with Crippen LogP contribution in [0.5, 0.6) is 0 Å². The summed E-state index contributed by atoms with van der Waals surface area (Å²) in [4.78, 5) is 9.83. The lowest BCUT2D eigenvalue weighted by molar-refractivity contribution is 1.18. The number of hydrogen-bond donors (Lipinski definition) is 0. The molecule has 2 heterocycles. The lowest BCUT2D eigenvalue weighted by Crippen LogP contribution is -2.61. The Morgan fingerprint density at radius 3 is 1.28 bits per heavy atom. The number of anilines is 12. The van der Waals surface area contributed by atoms with Crippen molar-refractivity contribution < 1.29 is 6.85 Å². The zero-order chi connectivity index (χ0) is 76.0. The number of hydrogen-bond acceptors (Lipinski definition) is 4. The van der Waals surface area contributed by atoms with Crippen molar-refractivity contribution in [2.75, 3.05) is 19.6 Å². The van der Waals surface area contributed by atoms with E-state index in [-0.39, 0.29) is 17.6 Å². The van der Waals surface area contributed by atoms with Gasteiger partial charge in [0.15, 0.2) is 0 Å². The molecule has 0 spiro atoms. The van der Waals surface area contributed by atoms with Crippen molar-refractivity contribution in [3.63, 3.8) is 0 Å². The molecule has 0 radical (unpaired) electrons. The summed E-state index contributed by atoms with van der Waals surface area (Å²) in [7, 11) is 0. The van der Waals surface area contributed by atoms with Crippen molar-refractivity contribution in [2.45, 2.75) is 12.8 Å². The molecule has 0 N–H and O–H groups in total. The smallest absolute Gasteiger partial charge is 0.252 e. The number of para-hydroxylation sites is 4. The van der Waals surface area contributed by atoms with E-state index >= 15 is 0 Å². The predicted octanol–water partition coefficient (Wildman–Crippen LogP) is 26.5. The van der Waals surface area contributed by atoms with Gasteiger partial charge in [0.25, 0.3) is 6.71 Å². The highest BCUT2D eigenvalue weighted by Gasteiger charge is 2.46. The fourth-order valence-corrected chi connectivity index (χ4v) is 18.4. The molecule has 2 aliphatic heterocycles. The summed E-state index contributed by atoms with van der Waals surface area (Å²) >= 11 is 0. The van der Waals surface area contributed by atoms with Crippen LogP contribution in [0.25, 0.3) is 110 Å². The van der Waals surface area contributed by atoms with Gasteiger partial charge in [-0.05, 0) is 195 Å². The van der Waals surface area contributed by atoms with Crippen molar-refractivity contribution in [1.82, 2.24) is 0 Å². The minimum absolute atomic E-state index is 0.0922. The van der Waals surface area contributed by atoms with Crippen LogP contribution < -0.4 is 36.0 Å². The molecular formula is C104H69BN4. The molecule has 109 heavy (non-hydrogen) atoms. The van der Waals surface area contributed by atoms with Gasteiger partial charge in [-0.25, -0.2) is 0 Å². The molecular weight excluding hydrogens is 1320 g/mol. The summed E-state index contributed by atoms with van der Waals surface area (Å²) in [6, 6.07) is 123. The summed E-state index contributed by atoms with van der Waals surface area (Å²) in [6.07, 6.45) is 8.66. The van der Waals surface area contributed by atoms with Gasteiger partial charge in [-0.3, -0.25) is 0 Å². The van der Waals surface area contributed by atoms with E-state index in [9.17, 15) is 5.48 Å². The molecule has 0 bridgehead atoms. The van der Waals surface area contributed by atoms with E-state index in [2.05, 4.69) is 384 Å². The van der Waals surface area contributed by atoms with Crippen LogP contribution in [0.2, 0.25) is 0 Å². The van der Waals surface area contributed by atoms with Crippen LogP contribution in [0.3, 0.4) is 0 Å². The molecule has 18 aromatic rings. The number of nitrogens with zero attached hydrogens (tertiary/aromatic N) is 4. The van der Waals surface area contributed by atoms with Gasteiger partial charge in [-0.2, -0.15) is 0 Å². The quantitative estimate of drug-likeness (QED) is 0.0842. The van der Waals surface area contributed by atoms with Crippen molar-refractivity contribution >= 4 is 146 Å². The second kappa shape index (κ2) is 25.4. The van der Waals surface area contributed by atoms with Crippen LogP contribution in [0.4, 0.5) is 68.2 Å². The number of rotatable bonds is 13. The van der Waals surface area contributed by atoms with Gasteiger partial charge < -0.3 is 19.6 Å². The van der Waals surface area contributed by atoms with E-state index in [4.69, 9.17) is 1.37 Å². The monoisotopic (exact) mass is 1390 g/mol.